The number of hydrogen-bond acceptors (Lipinski definition) is 5. The van der Waals surface area contributed by atoms with Gasteiger partial charge in [-0.1, -0.05) is 25.7 Å². The number of thiophene rings is 1. The lowest BCUT2D eigenvalue weighted by molar-refractivity contribution is -0.148. The Morgan fingerprint density at radius 2 is 2.04 bits per heavy atom. The van der Waals surface area contributed by atoms with Gasteiger partial charge in [0.15, 0.2) is 0 Å². The van der Waals surface area contributed by atoms with E-state index in [0.717, 1.165) is 31.2 Å². The number of oxazole rings is 1. The maximum Gasteiger partial charge on any atom is 0.329 e. The van der Waals surface area contributed by atoms with E-state index in [4.69, 9.17) is 4.42 Å². The van der Waals surface area contributed by atoms with Crippen molar-refractivity contribution < 1.29 is 19.1 Å². The van der Waals surface area contributed by atoms with Gasteiger partial charge in [0.05, 0.1) is 12.1 Å². The van der Waals surface area contributed by atoms with Crippen LogP contribution in [0.15, 0.2) is 21.2 Å². The molecule has 25 heavy (non-hydrogen) atoms. The van der Waals surface area contributed by atoms with E-state index in [1.54, 1.807) is 18.3 Å². The van der Waals surface area contributed by atoms with Crippen LogP contribution in [0.3, 0.4) is 0 Å². The first-order chi connectivity index (χ1) is 12.0. The third-order valence-electron chi connectivity index (χ3n) is 4.73. The molecule has 3 rings (SSSR count). The number of nitrogens with one attached hydrogen (secondary N) is 1. The van der Waals surface area contributed by atoms with Crippen LogP contribution in [0.25, 0.3) is 11.5 Å². The molecule has 0 radical (unpaired) electrons. The fourth-order valence-electron chi connectivity index (χ4n) is 3.29. The normalized spacial score (nSPS) is 17.0. The molecule has 2 aromatic heterocycles. The topological polar surface area (TPSA) is 92.4 Å². The van der Waals surface area contributed by atoms with Gasteiger partial charge in [0.2, 0.25) is 11.8 Å². The number of aromatic nitrogens is 1. The van der Waals surface area contributed by atoms with Crippen molar-refractivity contribution >= 4 is 23.2 Å². The summed E-state index contributed by atoms with van der Waals surface area (Å²) in [5.74, 6) is -0.193. The van der Waals surface area contributed by atoms with Gasteiger partial charge in [-0.2, -0.15) is 11.3 Å². The Balaban J connectivity index is 1.72. The third-order valence-corrected chi connectivity index (χ3v) is 5.42. The minimum absolute atomic E-state index is 0.0223. The molecule has 134 valence electrons. The number of nitrogens with zero attached hydrogens (tertiary/aromatic N) is 1. The molecule has 2 heterocycles. The van der Waals surface area contributed by atoms with E-state index in [0.29, 0.717) is 30.2 Å². The molecule has 1 amide bonds. The quantitative estimate of drug-likeness (QED) is 0.794. The zero-order valence-electron chi connectivity index (χ0n) is 14.2. The Hall–Kier alpha value is -2.15. The predicted octanol–water partition coefficient (Wildman–Crippen LogP) is 3.55. The molecule has 7 heteroatoms. The van der Waals surface area contributed by atoms with Crippen molar-refractivity contribution in [2.45, 2.75) is 57.4 Å². The van der Waals surface area contributed by atoms with Gasteiger partial charge in [-0.15, -0.1) is 0 Å². The standard InChI is InChI=1S/C18H22N2O4S/c1-12-14(19-16(24-12)13-6-9-25-11-13)10-15(21)20-18(17(22)23)7-4-2-3-5-8-18/h6,9,11H,2-5,7-8,10H2,1H3,(H,20,21)(H,22,23). The summed E-state index contributed by atoms with van der Waals surface area (Å²) in [5.41, 5.74) is 0.278. The zero-order valence-corrected chi connectivity index (χ0v) is 15.0. The van der Waals surface area contributed by atoms with Crippen LogP contribution >= 0.6 is 11.3 Å². The maximum absolute atomic E-state index is 12.5. The zero-order chi connectivity index (χ0) is 17.9. The van der Waals surface area contributed by atoms with Crippen molar-refractivity contribution in [3.8, 4) is 11.5 Å². The molecule has 0 aromatic carbocycles. The highest BCUT2D eigenvalue weighted by Gasteiger charge is 2.40. The van der Waals surface area contributed by atoms with Crippen LogP contribution in [-0.4, -0.2) is 27.5 Å². The molecule has 2 N–H and O–H groups in total. The molecular formula is C18H22N2O4S. The van der Waals surface area contributed by atoms with Gasteiger partial charge in [0, 0.05) is 10.9 Å². The molecule has 0 saturated heterocycles. The van der Waals surface area contributed by atoms with Crippen LogP contribution in [0.4, 0.5) is 0 Å². The predicted molar refractivity (Wildman–Crippen MR) is 94.5 cm³/mol. The molecule has 0 aliphatic heterocycles. The van der Waals surface area contributed by atoms with Crippen molar-refractivity contribution in [1.29, 1.82) is 0 Å². The molecule has 1 fully saturated rings. The summed E-state index contributed by atoms with van der Waals surface area (Å²) in [6, 6.07) is 1.91. The smallest absolute Gasteiger partial charge is 0.329 e. The Morgan fingerprint density at radius 1 is 1.32 bits per heavy atom. The largest absolute Gasteiger partial charge is 0.480 e. The molecule has 0 atom stereocenters. The minimum Gasteiger partial charge on any atom is -0.480 e. The second-order valence-electron chi connectivity index (χ2n) is 6.56. The summed E-state index contributed by atoms with van der Waals surface area (Å²) >= 11 is 1.55. The lowest BCUT2D eigenvalue weighted by atomic mass is 9.90. The summed E-state index contributed by atoms with van der Waals surface area (Å²) in [5, 5.41) is 16.3. The average Bonchev–Trinajstić information content (AvgIpc) is 3.14. The first-order valence-electron chi connectivity index (χ1n) is 8.53. The summed E-state index contributed by atoms with van der Waals surface area (Å²) < 4.78 is 5.64. The van der Waals surface area contributed by atoms with Crippen molar-refractivity contribution in [3.05, 3.63) is 28.3 Å². The minimum atomic E-state index is -1.15. The van der Waals surface area contributed by atoms with Crippen LogP contribution in [0, 0.1) is 6.92 Å². The van der Waals surface area contributed by atoms with E-state index in [2.05, 4.69) is 10.3 Å². The van der Waals surface area contributed by atoms with Crippen molar-refractivity contribution in [1.82, 2.24) is 10.3 Å². The van der Waals surface area contributed by atoms with Gasteiger partial charge in [0.1, 0.15) is 11.3 Å². The van der Waals surface area contributed by atoms with Gasteiger partial charge >= 0.3 is 5.97 Å². The third kappa shape index (κ3) is 3.92. The second kappa shape index (κ2) is 7.39. The SMILES string of the molecule is Cc1oc(-c2ccsc2)nc1CC(=O)NC1(C(=O)O)CCCCCC1. The van der Waals surface area contributed by atoms with Crippen molar-refractivity contribution in [2.24, 2.45) is 0 Å². The monoisotopic (exact) mass is 362 g/mol. The Kier molecular flexibility index (Phi) is 5.22. The number of aliphatic carboxylic acids is 1. The van der Waals surface area contributed by atoms with E-state index in [1.165, 1.54) is 0 Å². The molecule has 1 aliphatic rings. The fourth-order valence-corrected chi connectivity index (χ4v) is 3.92. The van der Waals surface area contributed by atoms with E-state index < -0.39 is 11.5 Å². The van der Waals surface area contributed by atoms with Gasteiger partial charge in [-0.3, -0.25) is 4.79 Å². The Labute approximate surface area is 150 Å². The van der Waals surface area contributed by atoms with Gasteiger partial charge < -0.3 is 14.8 Å². The number of hydrogen-bond donors (Lipinski definition) is 2. The summed E-state index contributed by atoms with van der Waals surface area (Å²) in [4.78, 5) is 28.7. The number of aryl methyl sites for hydroxylation is 1. The first kappa shape index (κ1) is 17.7. The van der Waals surface area contributed by atoms with E-state index in [-0.39, 0.29) is 12.3 Å². The summed E-state index contributed by atoms with van der Waals surface area (Å²) in [6.45, 7) is 1.77. The van der Waals surface area contributed by atoms with E-state index >= 15 is 0 Å². The summed E-state index contributed by atoms with van der Waals surface area (Å²) in [6.07, 6.45) is 4.64. The van der Waals surface area contributed by atoms with Crippen LogP contribution in [0.5, 0.6) is 0 Å². The van der Waals surface area contributed by atoms with Crippen LogP contribution in [-0.2, 0) is 16.0 Å². The highest BCUT2D eigenvalue weighted by Crippen LogP contribution is 2.28. The molecule has 0 spiro atoms. The maximum atomic E-state index is 12.5. The molecule has 0 bridgehead atoms. The molecule has 0 unspecified atom stereocenters. The molecule has 2 aromatic rings. The number of amides is 1. The van der Waals surface area contributed by atoms with Crippen LogP contribution in [0.2, 0.25) is 0 Å². The van der Waals surface area contributed by atoms with Crippen LogP contribution < -0.4 is 5.32 Å². The highest BCUT2D eigenvalue weighted by atomic mass is 32.1. The molecule has 6 nitrogen and oxygen atoms in total. The molecular weight excluding hydrogens is 340 g/mol. The van der Waals surface area contributed by atoms with Gasteiger partial charge in [0.25, 0.3) is 0 Å². The second-order valence-corrected chi connectivity index (χ2v) is 7.34. The number of rotatable bonds is 5. The van der Waals surface area contributed by atoms with Gasteiger partial charge in [-0.05, 0) is 31.2 Å². The number of carboxylic acids is 1. The van der Waals surface area contributed by atoms with Crippen molar-refractivity contribution in [2.75, 3.05) is 0 Å². The number of carbonyl (C=O) groups is 2. The summed E-state index contributed by atoms with van der Waals surface area (Å²) in [7, 11) is 0. The fraction of sp³-hybridized carbons (Fsp3) is 0.500. The first-order valence-corrected chi connectivity index (χ1v) is 9.48. The van der Waals surface area contributed by atoms with Crippen LogP contribution in [0.1, 0.15) is 50.0 Å². The number of carboxylic acid groups (broad SMARTS) is 1. The molecule has 1 saturated carbocycles. The Morgan fingerprint density at radius 3 is 2.64 bits per heavy atom. The molecule has 1 aliphatic carbocycles. The lowest BCUT2D eigenvalue weighted by Crippen LogP contribution is -2.54. The van der Waals surface area contributed by atoms with Crippen molar-refractivity contribution in [3.63, 3.8) is 0 Å². The van der Waals surface area contributed by atoms with E-state index in [1.807, 2.05) is 16.8 Å². The average molecular weight is 362 g/mol. The van der Waals surface area contributed by atoms with Gasteiger partial charge in [-0.25, -0.2) is 9.78 Å². The van der Waals surface area contributed by atoms with E-state index in [9.17, 15) is 14.7 Å². The highest BCUT2D eigenvalue weighted by molar-refractivity contribution is 7.08. The lowest BCUT2D eigenvalue weighted by Gasteiger charge is -2.29. The Bertz CT molecular complexity index is 743. The number of carbonyl (C=O) groups excluding carboxylic acids is 1.